The van der Waals surface area contributed by atoms with Crippen molar-refractivity contribution in [1.29, 1.82) is 0 Å². The average molecular weight is 329 g/mol. The highest BCUT2D eigenvalue weighted by Gasteiger charge is 2.15. The van der Waals surface area contributed by atoms with Crippen LogP contribution in [0.15, 0.2) is 64.3 Å². The largest absolute Gasteiger partial charge is 0.356 e. The number of nitrogens with one attached hydrogen (secondary N) is 1. The van der Waals surface area contributed by atoms with E-state index in [1.807, 2.05) is 13.0 Å². The first-order valence-electron chi connectivity index (χ1n) is 6.97. The van der Waals surface area contributed by atoms with Gasteiger partial charge in [0.25, 0.3) is 0 Å². The lowest BCUT2D eigenvalue weighted by atomic mass is 10.2. The van der Waals surface area contributed by atoms with Crippen molar-refractivity contribution >= 4 is 10.0 Å². The standard InChI is InChI=1S/C16H15N3O3S/c1-12-8-16(22-19-12)14-5-2-6-15(9-14)23(20,21)18-11-13-4-3-7-17-10-13/h2-10,18H,11H2,1H3. The van der Waals surface area contributed by atoms with Crippen LogP contribution in [-0.4, -0.2) is 18.6 Å². The van der Waals surface area contributed by atoms with Crippen LogP contribution >= 0.6 is 0 Å². The number of aromatic nitrogens is 2. The Hall–Kier alpha value is -2.51. The Kier molecular flexibility index (Phi) is 4.22. The molecule has 1 N–H and O–H groups in total. The Bertz CT molecular complexity index is 905. The van der Waals surface area contributed by atoms with Gasteiger partial charge in [0.05, 0.1) is 10.6 Å². The summed E-state index contributed by atoms with van der Waals surface area (Å²) < 4.78 is 32.6. The minimum absolute atomic E-state index is 0.174. The van der Waals surface area contributed by atoms with Crippen molar-refractivity contribution in [2.45, 2.75) is 18.4 Å². The number of pyridine rings is 1. The van der Waals surface area contributed by atoms with Gasteiger partial charge in [-0.1, -0.05) is 23.4 Å². The van der Waals surface area contributed by atoms with Gasteiger partial charge in [-0.2, -0.15) is 0 Å². The van der Waals surface area contributed by atoms with Crippen molar-refractivity contribution in [3.63, 3.8) is 0 Å². The summed E-state index contributed by atoms with van der Waals surface area (Å²) in [6.07, 6.45) is 3.26. The molecule has 2 heterocycles. The fourth-order valence-electron chi connectivity index (χ4n) is 2.08. The van der Waals surface area contributed by atoms with Crippen molar-refractivity contribution in [3.8, 4) is 11.3 Å². The van der Waals surface area contributed by atoms with Crippen molar-refractivity contribution in [2.24, 2.45) is 0 Å². The van der Waals surface area contributed by atoms with Crippen LogP contribution < -0.4 is 4.72 Å². The number of nitrogens with zero attached hydrogens (tertiary/aromatic N) is 2. The van der Waals surface area contributed by atoms with Gasteiger partial charge in [-0.15, -0.1) is 0 Å². The van der Waals surface area contributed by atoms with Gasteiger partial charge < -0.3 is 4.52 Å². The highest BCUT2D eigenvalue weighted by Crippen LogP contribution is 2.23. The lowest BCUT2D eigenvalue weighted by Gasteiger charge is -2.07. The van der Waals surface area contributed by atoms with E-state index in [0.717, 1.165) is 11.3 Å². The fraction of sp³-hybridized carbons (Fsp3) is 0.125. The second-order valence-electron chi connectivity index (χ2n) is 5.05. The molecular formula is C16H15N3O3S. The summed E-state index contributed by atoms with van der Waals surface area (Å²) in [6.45, 7) is 1.99. The van der Waals surface area contributed by atoms with Crippen LogP contribution in [-0.2, 0) is 16.6 Å². The predicted molar refractivity (Wildman–Crippen MR) is 84.9 cm³/mol. The molecule has 0 fully saturated rings. The van der Waals surface area contributed by atoms with Gasteiger partial charge >= 0.3 is 0 Å². The minimum Gasteiger partial charge on any atom is -0.356 e. The van der Waals surface area contributed by atoms with E-state index in [4.69, 9.17) is 4.52 Å². The van der Waals surface area contributed by atoms with E-state index in [1.165, 1.54) is 6.07 Å². The lowest BCUT2D eigenvalue weighted by molar-refractivity contribution is 0.427. The quantitative estimate of drug-likeness (QED) is 0.777. The van der Waals surface area contributed by atoms with Crippen LogP contribution in [0.5, 0.6) is 0 Å². The van der Waals surface area contributed by atoms with Crippen LogP contribution in [0, 0.1) is 6.92 Å². The normalized spacial score (nSPS) is 11.5. The van der Waals surface area contributed by atoms with Crippen LogP contribution in [0.2, 0.25) is 0 Å². The molecule has 0 atom stereocenters. The van der Waals surface area contributed by atoms with Crippen molar-refractivity contribution < 1.29 is 12.9 Å². The maximum Gasteiger partial charge on any atom is 0.240 e. The van der Waals surface area contributed by atoms with Gasteiger partial charge in [0.15, 0.2) is 5.76 Å². The van der Waals surface area contributed by atoms with Gasteiger partial charge in [0.2, 0.25) is 10.0 Å². The third-order valence-corrected chi connectivity index (χ3v) is 4.64. The second-order valence-corrected chi connectivity index (χ2v) is 6.81. The third kappa shape index (κ3) is 3.64. The summed E-state index contributed by atoms with van der Waals surface area (Å²) in [4.78, 5) is 4.13. The smallest absolute Gasteiger partial charge is 0.240 e. The third-order valence-electron chi connectivity index (χ3n) is 3.25. The highest BCUT2D eigenvalue weighted by atomic mass is 32.2. The average Bonchev–Trinajstić information content (AvgIpc) is 3.01. The molecule has 2 aromatic heterocycles. The molecule has 6 nitrogen and oxygen atoms in total. The summed E-state index contributed by atoms with van der Waals surface area (Å²) in [5.74, 6) is 0.534. The van der Waals surface area contributed by atoms with Crippen LogP contribution in [0.25, 0.3) is 11.3 Å². The Labute approximate surface area is 134 Å². The Balaban J connectivity index is 1.82. The molecule has 0 unspecified atom stereocenters. The molecule has 0 aliphatic carbocycles. The van der Waals surface area contributed by atoms with Crippen LogP contribution in [0.1, 0.15) is 11.3 Å². The van der Waals surface area contributed by atoms with Crippen molar-refractivity contribution in [1.82, 2.24) is 14.9 Å². The van der Waals surface area contributed by atoms with Gasteiger partial charge in [0.1, 0.15) is 0 Å². The second kappa shape index (κ2) is 6.31. The van der Waals surface area contributed by atoms with E-state index in [2.05, 4.69) is 14.9 Å². The molecular weight excluding hydrogens is 314 g/mol. The predicted octanol–water partition coefficient (Wildman–Crippen LogP) is 2.52. The summed E-state index contributed by atoms with van der Waals surface area (Å²) in [7, 11) is -3.62. The molecule has 0 bridgehead atoms. The molecule has 0 saturated heterocycles. The summed E-state index contributed by atoms with van der Waals surface area (Å²) in [5, 5.41) is 3.81. The minimum atomic E-state index is -3.62. The molecule has 118 valence electrons. The van der Waals surface area contributed by atoms with E-state index in [-0.39, 0.29) is 11.4 Å². The molecule has 0 aliphatic heterocycles. The SMILES string of the molecule is Cc1cc(-c2cccc(S(=O)(=O)NCc3cccnc3)c2)on1. The summed E-state index contributed by atoms with van der Waals surface area (Å²) in [6, 6.07) is 11.9. The maximum atomic E-state index is 12.4. The number of rotatable bonds is 5. The zero-order chi connectivity index (χ0) is 16.3. The molecule has 0 spiro atoms. The van der Waals surface area contributed by atoms with Crippen LogP contribution in [0.4, 0.5) is 0 Å². The molecule has 23 heavy (non-hydrogen) atoms. The molecule has 3 rings (SSSR count). The molecule has 7 heteroatoms. The zero-order valence-electron chi connectivity index (χ0n) is 12.4. The van der Waals surface area contributed by atoms with E-state index in [1.54, 1.807) is 42.7 Å². The number of hydrogen-bond acceptors (Lipinski definition) is 5. The first kappa shape index (κ1) is 15.4. The number of hydrogen-bond donors (Lipinski definition) is 1. The first-order valence-corrected chi connectivity index (χ1v) is 8.45. The number of aryl methyl sites for hydroxylation is 1. The Morgan fingerprint density at radius 2 is 2.04 bits per heavy atom. The molecule has 0 amide bonds. The molecule has 3 aromatic rings. The first-order chi connectivity index (χ1) is 11.0. The monoisotopic (exact) mass is 329 g/mol. The van der Waals surface area contributed by atoms with Crippen molar-refractivity contribution in [2.75, 3.05) is 0 Å². The van der Waals surface area contributed by atoms with E-state index >= 15 is 0 Å². The topological polar surface area (TPSA) is 85.1 Å². The van der Waals surface area contributed by atoms with E-state index in [9.17, 15) is 8.42 Å². The van der Waals surface area contributed by atoms with Gasteiger partial charge in [-0.25, -0.2) is 13.1 Å². The van der Waals surface area contributed by atoms with E-state index < -0.39 is 10.0 Å². The Morgan fingerprint density at radius 1 is 1.17 bits per heavy atom. The zero-order valence-corrected chi connectivity index (χ0v) is 13.2. The lowest BCUT2D eigenvalue weighted by Crippen LogP contribution is -2.23. The summed E-state index contributed by atoms with van der Waals surface area (Å²) in [5.41, 5.74) is 2.19. The van der Waals surface area contributed by atoms with Crippen molar-refractivity contribution in [3.05, 3.63) is 66.1 Å². The van der Waals surface area contributed by atoms with E-state index in [0.29, 0.717) is 11.3 Å². The summed E-state index contributed by atoms with van der Waals surface area (Å²) >= 11 is 0. The Morgan fingerprint density at radius 3 is 2.74 bits per heavy atom. The highest BCUT2D eigenvalue weighted by molar-refractivity contribution is 7.89. The molecule has 0 saturated carbocycles. The number of benzene rings is 1. The van der Waals surface area contributed by atoms with Gasteiger partial charge in [-0.3, -0.25) is 4.98 Å². The fourth-order valence-corrected chi connectivity index (χ4v) is 3.14. The maximum absolute atomic E-state index is 12.4. The molecule has 0 aliphatic rings. The number of sulfonamides is 1. The molecule has 0 radical (unpaired) electrons. The molecule has 1 aromatic carbocycles. The van der Waals surface area contributed by atoms with Gasteiger partial charge in [-0.05, 0) is 30.7 Å². The van der Waals surface area contributed by atoms with Gasteiger partial charge in [0, 0.05) is 30.6 Å². The van der Waals surface area contributed by atoms with Crippen LogP contribution in [0.3, 0.4) is 0 Å².